The summed E-state index contributed by atoms with van der Waals surface area (Å²) in [4.78, 5) is 1.94. The van der Waals surface area contributed by atoms with Gasteiger partial charge in [0.15, 0.2) is 0 Å². The van der Waals surface area contributed by atoms with Crippen molar-refractivity contribution < 1.29 is 4.39 Å². The summed E-state index contributed by atoms with van der Waals surface area (Å²) in [5, 5.41) is 0. The number of likely N-dealkylation sites (N-methyl/N-ethyl adjacent to an activating group) is 1. The molecule has 0 aromatic heterocycles. The summed E-state index contributed by atoms with van der Waals surface area (Å²) in [6, 6.07) is 17.1. The summed E-state index contributed by atoms with van der Waals surface area (Å²) < 4.78 is 13.9. The number of benzene rings is 2. The molecule has 106 valence electrons. The van der Waals surface area contributed by atoms with Crippen molar-refractivity contribution >= 4 is 5.69 Å². The van der Waals surface area contributed by atoms with E-state index in [1.807, 2.05) is 36.2 Å². The van der Waals surface area contributed by atoms with Crippen molar-refractivity contribution in [3.63, 3.8) is 0 Å². The average molecular weight is 272 g/mol. The molecule has 2 unspecified atom stereocenters. The molecule has 0 radical (unpaired) electrons. The first-order chi connectivity index (χ1) is 9.65. The Hall–Kier alpha value is -1.87. The van der Waals surface area contributed by atoms with Crippen LogP contribution in [0.15, 0.2) is 54.6 Å². The van der Waals surface area contributed by atoms with Crippen LogP contribution in [0.1, 0.15) is 18.4 Å². The van der Waals surface area contributed by atoms with Crippen LogP contribution in [0, 0.1) is 5.82 Å². The molecule has 0 aliphatic heterocycles. The fraction of sp³-hybridized carbons (Fsp3) is 0.294. The molecule has 2 nitrogen and oxygen atoms in total. The molecule has 2 atom stereocenters. The predicted molar refractivity (Wildman–Crippen MR) is 82.5 cm³/mol. The molecule has 0 bridgehead atoms. The highest BCUT2D eigenvalue weighted by atomic mass is 19.1. The minimum atomic E-state index is -0.214. The van der Waals surface area contributed by atoms with Gasteiger partial charge in [-0.15, -0.1) is 0 Å². The van der Waals surface area contributed by atoms with E-state index < -0.39 is 0 Å². The third-order valence-corrected chi connectivity index (χ3v) is 3.87. The highest BCUT2D eigenvalue weighted by Crippen LogP contribution is 2.27. The monoisotopic (exact) mass is 272 g/mol. The van der Waals surface area contributed by atoms with Gasteiger partial charge in [0, 0.05) is 25.6 Å². The number of halogens is 1. The minimum Gasteiger partial charge on any atom is -0.367 e. The van der Waals surface area contributed by atoms with E-state index in [9.17, 15) is 4.39 Å². The van der Waals surface area contributed by atoms with Crippen molar-refractivity contribution in [3.05, 3.63) is 66.0 Å². The van der Waals surface area contributed by atoms with E-state index in [2.05, 4.69) is 19.1 Å². The Bertz CT molecular complexity index is 542. The molecule has 2 N–H and O–H groups in total. The second-order valence-corrected chi connectivity index (χ2v) is 5.06. The van der Waals surface area contributed by atoms with E-state index in [4.69, 9.17) is 5.73 Å². The van der Waals surface area contributed by atoms with Gasteiger partial charge in [0.1, 0.15) is 5.82 Å². The van der Waals surface area contributed by atoms with Gasteiger partial charge in [-0.05, 0) is 17.7 Å². The molecule has 2 aromatic rings. The van der Waals surface area contributed by atoms with Gasteiger partial charge in [0.2, 0.25) is 0 Å². The first kappa shape index (κ1) is 14.5. The van der Waals surface area contributed by atoms with Crippen molar-refractivity contribution in [2.45, 2.75) is 18.9 Å². The summed E-state index contributed by atoms with van der Waals surface area (Å²) in [7, 11) is 1.90. The molecule has 0 heterocycles. The minimum absolute atomic E-state index is 0.0503. The smallest absolute Gasteiger partial charge is 0.146 e. The lowest BCUT2D eigenvalue weighted by atomic mass is 9.92. The average Bonchev–Trinajstić information content (AvgIpc) is 2.49. The zero-order valence-corrected chi connectivity index (χ0v) is 12.0. The third-order valence-electron chi connectivity index (χ3n) is 3.87. The predicted octanol–water partition coefficient (Wildman–Crippen LogP) is 3.39. The molecule has 0 amide bonds. The summed E-state index contributed by atoms with van der Waals surface area (Å²) in [5.41, 5.74) is 7.74. The molecule has 0 saturated carbocycles. The molecule has 20 heavy (non-hydrogen) atoms. The van der Waals surface area contributed by atoms with Gasteiger partial charge >= 0.3 is 0 Å². The summed E-state index contributed by atoms with van der Waals surface area (Å²) >= 11 is 0. The highest BCUT2D eigenvalue weighted by molar-refractivity contribution is 5.48. The van der Waals surface area contributed by atoms with E-state index in [0.29, 0.717) is 12.2 Å². The fourth-order valence-electron chi connectivity index (χ4n) is 2.59. The maximum atomic E-state index is 13.9. The van der Waals surface area contributed by atoms with Gasteiger partial charge in [0.05, 0.1) is 5.69 Å². The van der Waals surface area contributed by atoms with E-state index >= 15 is 0 Å². The molecule has 0 aliphatic carbocycles. The van der Waals surface area contributed by atoms with Crippen molar-refractivity contribution in [2.24, 2.45) is 5.73 Å². The summed E-state index contributed by atoms with van der Waals surface area (Å²) in [6.07, 6.45) is 0. The van der Waals surface area contributed by atoms with Crippen LogP contribution in [-0.4, -0.2) is 19.6 Å². The number of rotatable bonds is 5. The first-order valence-electron chi connectivity index (χ1n) is 6.87. The van der Waals surface area contributed by atoms with E-state index in [1.165, 1.54) is 11.6 Å². The van der Waals surface area contributed by atoms with Crippen LogP contribution in [0.2, 0.25) is 0 Å². The molecule has 0 fully saturated rings. The highest BCUT2D eigenvalue weighted by Gasteiger charge is 2.23. The third kappa shape index (κ3) is 2.99. The fourth-order valence-corrected chi connectivity index (χ4v) is 2.59. The molecule has 2 rings (SSSR count). The maximum Gasteiger partial charge on any atom is 0.146 e. The van der Waals surface area contributed by atoms with Gasteiger partial charge in [0.25, 0.3) is 0 Å². The van der Waals surface area contributed by atoms with Crippen LogP contribution < -0.4 is 10.6 Å². The number of anilines is 1. The quantitative estimate of drug-likeness (QED) is 0.904. The Morgan fingerprint density at radius 1 is 1.05 bits per heavy atom. The van der Waals surface area contributed by atoms with Gasteiger partial charge in [-0.1, -0.05) is 49.4 Å². The van der Waals surface area contributed by atoms with Gasteiger partial charge in [-0.3, -0.25) is 0 Å². The number of hydrogen-bond donors (Lipinski definition) is 1. The first-order valence-corrected chi connectivity index (χ1v) is 6.87. The Kier molecular flexibility index (Phi) is 4.74. The Morgan fingerprint density at radius 2 is 1.65 bits per heavy atom. The van der Waals surface area contributed by atoms with Crippen molar-refractivity contribution in [2.75, 3.05) is 18.5 Å². The van der Waals surface area contributed by atoms with Crippen LogP contribution in [0.5, 0.6) is 0 Å². The van der Waals surface area contributed by atoms with Crippen LogP contribution in [0.4, 0.5) is 10.1 Å². The van der Waals surface area contributed by atoms with Crippen LogP contribution >= 0.6 is 0 Å². The van der Waals surface area contributed by atoms with Gasteiger partial charge in [-0.25, -0.2) is 4.39 Å². The molecule has 0 spiro atoms. The van der Waals surface area contributed by atoms with Crippen LogP contribution in [0.25, 0.3) is 0 Å². The lowest BCUT2D eigenvalue weighted by Gasteiger charge is -2.34. The summed E-state index contributed by atoms with van der Waals surface area (Å²) in [6.45, 7) is 2.60. The van der Waals surface area contributed by atoms with E-state index in [1.54, 1.807) is 12.1 Å². The summed E-state index contributed by atoms with van der Waals surface area (Å²) in [5.74, 6) is 0.0134. The largest absolute Gasteiger partial charge is 0.367 e. The second-order valence-electron chi connectivity index (χ2n) is 5.06. The van der Waals surface area contributed by atoms with Gasteiger partial charge in [-0.2, -0.15) is 0 Å². The second kappa shape index (κ2) is 6.53. The SMILES string of the molecule is CC(c1ccccc1)C(CN)N(C)c1ccccc1F. The van der Waals surface area contributed by atoms with E-state index in [-0.39, 0.29) is 17.8 Å². The molecule has 3 heteroatoms. The molecule has 0 saturated heterocycles. The number of nitrogens with two attached hydrogens (primary N) is 1. The van der Waals surface area contributed by atoms with Crippen LogP contribution in [0.3, 0.4) is 0 Å². The maximum absolute atomic E-state index is 13.9. The topological polar surface area (TPSA) is 29.3 Å². The number of para-hydroxylation sites is 1. The van der Waals surface area contributed by atoms with Crippen molar-refractivity contribution in [1.29, 1.82) is 0 Å². The van der Waals surface area contributed by atoms with E-state index in [0.717, 1.165) is 0 Å². The zero-order chi connectivity index (χ0) is 14.5. The molecule has 2 aromatic carbocycles. The van der Waals surface area contributed by atoms with Gasteiger partial charge < -0.3 is 10.6 Å². The molecule has 0 aliphatic rings. The van der Waals surface area contributed by atoms with Crippen molar-refractivity contribution in [1.82, 2.24) is 0 Å². The normalized spacial score (nSPS) is 13.8. The Labute approximate surface area is 120 Å². The number of nitrogens with zero attached hydrogens (tertiary/aromatic N) is 1. The standard InChI is InChI=1S/C17H21FN2/c1-13(14-8-4-3-5-9-14)17(12-19)20(2)16-11-7-6-10-15(16)18/h3-11,13,17H,12,19H2,1-2H3. The Balaban J connectivity index is 2.26. The number of hydrogen-bond acceptors (Lipinski definition) is 2. The Morgan fingerprint density at radius 3 is 2.25 bits per heavy atom. The molecular formula is C17H21FN2. The lowest BCUT2D eigenvalue weighted by Crippen LogP contribution is -2.42. The van der Waals surface area contributed by atoms with Crippen LogP contribution in [-0.2, 0) is 0 Å². The molecular weight excluding hydrogens is 251 g/mol. The van der Waals surface area contributed by atoms with Crippen molar-refractivity contribution in [3.8, 4) is 0 Å². The lowest BCUT2D eigenvalue weighted by molar-refractivity contribution is 0.533. The zero-order valence-electron chi connectivity index (χ0n) is 12.0.